The number of hydrogen-bond donors (Lipinski definition) is 1. The molecule has 0 aromatic carbocycles. The van der Waals surface area contributed by atoms with Gasteiger partial charge in [-0.25, -0.2) is 4.98 Å². The van der Waals surface area contributed by atoms with Gasteiger partial charge >= 0.3 is 0 Å². The number of nitrogens with zero attached hydrogens (tertiary/aromatic N) is 4. The first-order valence-electron chi connectivity index (χ1n) is 10.1. The molecule has 150 valence electrons. The second kappa shape index (κ2) is 8.31. The third kappa shape index (κ3) is 4.04. The Hall–Kier alpha value is -2.41. The van der Waals surface area contributed by atoms with Crippen LogP contribution < -0.4 is 5.32 Å². The van der Waals surface area contributed by atoms with Crippen LogP contribution in [-0.2, 0) is 23.0 Å². The normalized spacial score (nSPS) is 26.9. The average molecular weight is 383 g/mol. The Morgan fingerprint density at radius 3 is 2.71 bits per heavy atom. The highest BCUT2D eigenvalue weighted by Gasteiger charge is 2.43. The number of likely N-dealkylation sites (tertiary alicyclic amines) is 1. The fourth-order valence-corrected chi connectivity index (χ4v) is 4.71. The van der Waals surface area contributed by atoms with Crippen LogP contribution in [0.3, 0.4) is 0 Å². The minimum atomic E-state index is 0.146. The predicted octanol–water partition coefficient (Wildman–Crippen LogP) is 2.11. The maximum absolute atomic E-state index is 12.8. The van der Waals surface area contributed by atoms with Crippen molar-refractivity contribution in [1.29, 1.82) is 0 Å². The summed E-state index contributed by atoms with van der Waals surface area (Å²) >= 11 is 0. The van der Waals surface area contributed by atoms with Crippen LogP contribution >= 0.6 is 0 Å². The smallest absolute Gasteiger partial charge is 0.222 e. The van der Waals surface area contributed by atoms with Crippen LogP contribution in [-0.4, -0.2) is 57.9 Å². The van der Waals surface area contributed by atoms with E-state index in [1.807, 2.05) is 36.0 Å². The molecule has 4 rings (SSSR count). The van der Waals surface area contributed by atoms with Crippen molar-refractivity contribution < 1.29 is 9.53 Å². The zero-order valence-electron chi connectivity index (χ0n) is 16.6. The van der Waals surface area contributed by atoms with Gasteiger partial charge in [0, 0.05) is 51.8 Å². The van der Waals surface area contributed by atoms with Crippen LogP contribution in [0.25, 0.3) is 0 Å². The minimum absolute atomic E-state index is 0.146. The van der Waals surface area contributed by atoms with E-state index in [1.165, 1.54) is 0 Å². The molecule has 2 aromatic rings. The molecular formula is C21H29N5O2. The minimum Gasteiger partial charge on any atom is -0.379 e. The lowest BCUT2D eigenvalue weighted by Crippen LogP contribution is -2.44. The van der Waals surface area contributed by atoms with E-state index in [4.69, 9.17) is 4.74 Å². The molecule has 7 heteroatoms. The molecule has 1 saturated heterocycles. The molecule has 0 spiro atoms. The Balaban J connectivity index is 1.35. The third-order valence-electron chi connectivity index (χ3n) is 6.29. The van der Waals surface area contributed by atoms with Gasteiger partial charge in [0.05, 0.1) is 12.1 Å². The van der Waals surface area contributed by atoms with E-state index in [-0.39, 0.29) is 18.1 Å². The standard InChI is InChI=1S/C21H29N5O2/c1-25-17(8-10-23-25)6-7-21(27)26-13-15-11-18(19(28-2)12-16(15)14-26)24-20-5-3-4-9-22-20/h3-5,8-10,15-16,18-19H,6-7,11-14H2,1-2H3,(H,22,24)/t15-,16+,18-,19-/m1/s1. The molecule has 0 bridgehead atoms. The van der Waals surface area contributed by atoms with Gasteiger partial charge in [-0.15, -0.1) is 0 Å². The predicted molar refractivity (Wildman–Crippen MR) is 107 cm³/mol. The highest BCUT2D eigenvalue weighted by molar-refractivity contribution is 5.76. The number of nitrogens with one attached hydrogen (secondary N) is 1. The van der Waals surface area contributed by atoms with Gasteiger partial charge in [-0.1, -0.05) is 6.07 Å². The molecule has 1 aliphatic heterocycles. The Labute approximate surface area is 166 Å². The molecule has 0 unspecified atom stereocenters. The number of pyridine rings is 1. The Bertz CT molecular complexity index is 793. The number of amides is 1. The number of anilines is 1. The molecule has 1 saturated carbocycles. The number of ether oxygens (including phenoxy) is 1. The molecular weight excluding hydrogens is 354 g/mol. The van der Waals surface area contributed by atoms with E-state index in [0.29, 0.717) is 18.3 Å². The van der Waals surface area contributed by atoms with Gasteiger partial charge in [0.25, 0.3) is 0 Å². The zero-order chi connectivity index (χ0) is 19.5. The highest BCUT2D eigenvalue weighted by Crippen LogP contribution is 2.38. The summed E-state index contributed by atoms with van der Waals surface area (Å²) in [5, 5.41) is 7.72. The van der Waals surface area contributed by atoms with Crippen molar-refractivity contribution in [1.82, 2.24) is 19.7 Å². The van der Waals surface area contributed by atoms with Crippen LogP contribution in [0, 0.1) is 11.8 Å². The topological polar surface area (TPSA) is 72.3 Å². The molecule has 0 radical (unpaired) electrons. The Kier molecular flexibility index (Phi) is 5.62. The molecule has 2 aromatic heterocycles. The van der Waals surface area contributed by atoms with Crippen molar-refractivity contribution in [3.8, 4) is 0 Å². The summed E-state index contributed by atoms with van der Waals surface area (Å²) in [5.74, 6) is 2.18. The van der Waals surface area contributed by atoms with Gasteiger partial charge in [-0.05, 0) is 49.3 Å². The second-order valence-electron chi connectivity index (χ2n) is 7.98. The van der Waals surface area contributed by atoms with E-state index >= 15 is 0 Å². The van der Waals surface area contributed by atoms with E-state index in [0.717, 1.165) is 43.9 Å². The molecule has 1 N–H and O–H groups in total. The molecule has 7 nitrogen and oxygen atoms in total. The van der Waals surface area contributed by atoms with Crippen LogP contribution in [0.1, 0.15) is 25.0 Å². The van der Waals surface area contributed by atoms with Crippen molar-refractivity contribution in [3.63, 3.8) is 0 Å². The molecule has 4 atom stereocenters. The summed E-state index contributed by atoms with van der Waals surface area (Å²) in [7, 11) is 3.70. The fraction of sp³-hybridized carbons (Fsp3) is 0.571. The first-order chi connectivity index (χ1) is 13.6. The monoisotopic (exact) mass is 383 g/mol. The largest absolute Gasteiger partial charge is 0.379 e. The highest BCUT2D eigenvalue weighted by atomic mass is 16.5. The molecule has 2 fully saturated rings. The number of aryl methyl sites for hydroxylation is 2. The maximum atomic E-state index is 12.8. The molecule has 1 amide bonds. The molecule has 28 heavy (non-hydrogen) atoms. The van der Waals surface area contributed by atoms with Gasteiger partial charge in [-0.3, -0.25) is 9.48 Å². The lowest BCUT2D eigenvalue weighted by atomic mass is 9.77. The SMILES string of the molecule is CO[C@@H]1C[C@H]2CN(C(=O)CCc3ccnn3C)C[C@H]2C[C@H]1Nc1ccccn1. The quantitative estimate of drug-likeness (QED) is 0.827. The number of methoxy groups -OCH3 is 1. The van der Waals surface area contributed by atoms with Crippen molar-refractivity contribution in [2.75, 3.05) is 25.5 Å². The average Bonchev–Trinajstić information content (AvgIpc) is 3.31. The molecule has 2 aliphatic rings. The van der Waals surface area contributed by atoms with Crippen LogP contribution in [0.5, 0.6) is 0 Å². The molecule has 3 heterocycles. The summed E-state index contributed by atoms with van der Waals surface area (Å²) in [6.45, 7) is 1.71. The third-order valence-corrected chi connectivity index (χ3v) is 6.29. The maximum Gasteiger partial charge on any atom is 0.222 e. The number of carbonyl (C=O) groups is 1. The van der Waals surface area contributed by atoms with Gasteiger partial charge < -0.3 is 15.0 Å². The number of rotatable bonds is 6. The first kappa shape index (κ1) is 18.9. The van der Waals surface area contributed by atoms with Gasteiger partial charge in [-0.2, -0.15) is 5.10 Å². The van der Waals surface area contributed by atoms with E-state index in [2.05, 4.69) is 20.3 Å². The van der Waals surface area contributed by atoms with Crippen LogP contribution in [0.4, 0.5) is 5.82 Å². The lowest BCUT2D eigenvalue weighted by Gasteiger charge is -2.37. The van der Waals surface area contributed by atoms with Gasteiger partial charge in [0.2, 0.25) is 5.91 Å². The number of aromatic nitrogens is 3. The fourth-order valence-electron chi connectivity index (χ4n) is 4.71. The van der Waals surface area contributed by atoms with Crippen molar-refractivity contribution in [2.45, 2.75) is 37.8 Å². The lowest BCUT2D eigenvalue weighted by molar-refractivity contribution is -0.130. The zero-order valence-corrected chi connectivity index (χ0v) is 16.6. The summed E-state index contributed by atoms with van der Waals surface area (Å²) in [6.07, 6.45) is 7.00. The summed E-state index contributed by atoms with van der Waals surface area (Å²) in [5.41, 5.74) is 1.10. The number of carbonyl (C=O) groups excluding carboxylic acids is 1. The van der Waals surface area contributed by atoms with Crippen LogP contribution in [0.2, 0.25) is 0 Å². The molecule has 1 aliphatic carbocycles. The van der Waals surface area contributed by atoms with Crippen molar-refractivity contribution in [2.24, 2.45) is 18.9 Å². The summed E-state index contributed by atoms with van der Waals surface area (Å²) < 4.78 is 7.63. The first-order valence-corrected chi connectivity index (χ1v) is 10.1. The Morgan fingerprint density at radius 2 is 2.04 bits per heavy atom. The second-order valence-corrected chi connectivity index (χ2v) is 7.98. The van der Waals surface area contributed by atoms with Gasteiger partial charge in [0.15, 0.2) is 0 Å². The summed E-state index contributed by atoms with van der Waals surface area (Å²) in [4.78, 5) is 19.2. The van der Waals surface area contributed by atoms with E-state index < -0.39 is 0 Å². The van der Waals surface area contributed by atoms with Gasteiger partial charge in [0.1, 0.15) is 5.82 Å². The van der Waals surface area contributed by atoms with Crippen LogP contribution in [0.15, 0.2) is 36.7 Å². The number of fused-ring (bicyclic) bond motifs is 1. The van der Waals surface area contributed by atoms with Crippen molar-refractivity contribution >= 4 is 11.7 Å². The number of hydrogen-bond acceptors (Lipinski definition) is 5. The summed E-state index contributed by atoms with van der Waals surface area (Å²) in [6, 6.07) is 8.10. The van der Waals surface area contributed by atoms with E-state index in [1.54, 1.807) is 19.5 Å². The van der Waals surface area contributed by atoms with Crippen molar-refractivity contribution in [3.05, 3.63) is 42.4 Å². The Morgan fingerprint density at radius 1 is 1.21 bits per heavy atom. The van der Waals surface area contributed by atoms with E-state index in [9.17, 15) is 4.79 Å².